The van der Waals surface area contributed by atoms with Gasteiger partial charge in [-0.1, -0.05) is 18.2 Å². The normalized spacial score (nSPS) is 20.5. The lowest BCUT2D eigenvalue weighted by atomic mass is 9.76. The van der Waals surface area contributed by atoms with E-state index in [1.54, 1.807) is 0 Å². The summed E-state index contributed by atoms with van der Waals surface area (Å²) in [5.41, 5.74) is 3.20. The summed E-state index contributed by atoms with van der Waals surface area (Å²) in [6.45, 7) is 1.50. The van der Waals surface area contributed by atoms with Crippen molar-refractivity contribution >= 4 is 17.8 Å². The minimum atomic E-state index is -4.82. The first-order valence-corrected chi connectivity index (χ1v) is 7.42. The Kier molecular flexibility index (Phi) is 5.24. The summed E-state index contributed by atoms with van der Waals surface area (Å²) in [5.74, 6) is -7.76. The van der Waals surface area contributed by atoms with Crippen LogP contribution in [0.3, 0.4) is 0 Å². The predicted octanol–water partition coefficient (Wildman–Crippen LogP) is 2.19. The van der Waals surface area contributed by atoms with Gasteiger partial charge in [0.05, 0.1) is 17.7 Å². The van der Waals surface area contributed by atoms with Crippen LogP contribution in [0.5, 0.6) is 0 Å². The lowest BCUT2D eigenvalue weighted by molar-refractivity contribution is -0.143. The molecule has 2 unspecified atom stereocenters. The fraction of sp³-hybridized carbons (Fsp3) is 0.312. The molecule has 1 aromatic carbocycles. The van der Waals surface area contributed by atoms with Gasteiger partial charge in [0.15, 0.2) is 0 Å². The average molecular weight is 372 g/mol. The number of hydrogen-bond donors (Lipinski definition) is 3. The van der Waals surface area contributed by atoms with Crippen molar-refractivity contribution in [1.82, 2.24) is 0 Å². The quantitative estimate of drug-likeness (QED) is 0.745. The molecule has 2 atom stereocenters. The van der Waals surface area contributed by atoms with Gasteiger partial charge in [-0.3, -0.25) is 4.79 Å². The van der Waals surface area contributed by atoms with Gasteiger partial charge in [0, 0.05) is 5.92 Å². The van der Waals surface area contributed by atoms with Crippen LogP contribution < -0.4 is 5.73 Å². The number of aliphatic imine (C=N–C) groups is 1. The van der Waals surface area contributed by atoms with Gasteiger partial charge in [-0.25, -0.2) is 4.79 Å². The van der Waals surface area contributed by atoms with Gasteiger partial charge in [-0.2, -0.15) is 18.2 Å². The van der Waals surface area contributed by atoms with Gasteiger partial charge < -0.3 is 20.7 Å². The molecule has 140 valence electrons. The van der Waals surface area contributed by atoms with Gasteiger partial charge in [-0.05, 0) is 18.6 Å². The van der Waals surface area contributed by atoms with Crippen LogP contribution in [-0.4, -0.2) is 34.7 Å². The van der Waals surface area contributed by atoms with E-state index < -0.39 is 58.4 Å². The number of carboxylic acids is 2. The highest BCUT2D eigenvalue weighted by atomic mass is 19.4. The van der Waals surface area contributed by atoms with Gasteiger partial charge >= 0.3 is 18.1 Å². The average Bonchev–Trinajstić information content (AvgIpc) is 2.52. The molecule has 10 heteroatoms. The summed E-state index contributed by atoms with van der Waals surface area (Å²) in [6.07, 6.45) is -4.82. The number of nitrogens with two attached hydrogens (primary N) is 1. The molecule has 0 aromatic heterocycles. The smallest absolute Gasteiger partial charge is 0.416 e. The number of hydrogen-bond acceptors (Lipinski definition) is 5. The zero-order chi connectivity index (χ0) is 19.6. The van der Waals surface area contributed by atoms with Crippen molar-refractivity contribution in [3.8, 4) is 0 Å². The summed E-state index contributed by atoms with van der Waals surface area (Å²) >= 11 is 0. The Morgan fingerprint density at radius 3 is 2.38 bits per heavy atom. The molecule has 7 nitrogen and oxygen atoms in total. The second-order valence-corrected chi connectivity index (χ2v) is 5.37. The predicted molar refractivity (Wildman–Crippen MR) is 83.2 cm³/mol. The minimum Gasteiger partial charge on any atom is -0.481 e. The highest BCUT2D eigenvalue weighted by molar-refractivity contribution is 6.04. The third kappa shape index (κ3) is 3.48. The molecule has 1 aliphatic heterocycles. The van der Waals surface area contributed by atoms with Gasteiger partial charge in [0.2, 0.25) is 5.90 Å². The van der Waals surface area contributed by atoms with Crippen molar-refractivity contribution < 1.29 is 37.7 Å². The molecule has 0 bridgehead atoms. The van der Waals surface area contributed by atoms with Crippen LogP contribution in [0, 0.1) is 5.92 Å². The van der Waals surface area contributed by atoms with Gasteiger partial charge in [-0.15, -0.1) is 0 Å². The first kappa shape index (κ1) is 19.3. The molecule has 1 heterocycles. The van der Waals surface area contributed by atoms with Crippen molar-refractivity contribution in [2.24, 2.45) is 16.6 Å². The summed E-state index contributed by atoms with van der Waals surface area (Å²) in [7, 11) is 0. The zero-order valence-corrected chi connectivity index (χ0v) is 13.4. The number of ether oxygens (including phenoxy) is 1. The molecular formula is C16H15F3N2O5. The topological polar surface area (TPSA) is 122 Å². The number of nitrogens with zero attached hydrogens (tertiary/aromatic N) is 1. The number of halogens is 3. The second kappa shape index (κ2) is 7.06. The molecule has 1 aliphatic rings. The molecular weight excluding hydrogens is 357 g/mol. The molecule has 0 spiro atoms. The van der Waals surface area contributed by atoms with E-state index in [4.69, 9.17) is 10.5 Å². The Morgan fingerprint density at radius 1 is 1.27 bits per heavy atom. The van der Waals surface area contributed by atoms with E-state index in [9.17, 15) is 33.0 Å². The fourth-order valence-electron chi connectivity index (χ4n) is 2.84. The molecule has 2 rings (SSSR count). The van der Waals surface area contributed by atoms with Crippen LogP contribution in [0.4, 0.5) is 13.2 Å². The number of carboxylic acid groups (broad SMARTS) is 2. The number of alkyl halides is 3. The highest BCUT2D eigenvalue weighted by Crippen LogP contribution is 2.43. The largest absolute Gasteiger partial charge is 0.481 e. The molecule has 0 fully saturated rings. The van der Waals surface area contributed by atoms with E-state index in [0.29, 0.717) is 0 Å². The minimum absolute atomic E-state index is 0.0219. The summed E-state index contributed by atoms with van der Waals surface area (Å²) in [4.78, 5) is 27.0. The highest BCUT2D eigenvalue weighted by Gasteiger charge is 2.47. The van der Waals surface area contributed by atoms with Crippen molar-refractivity contribution in [2.75, 3.05) is 6.61 Å². The first-order chi connectivity index (χ1) is 12.1. The van der Waals surface area contributed by atoms with E-state index >= 15 is 0 Å². The van der Waals surface area contributed by atoms with E-state index in [1.165, 1.54) is 13.0 Å². The molecule has 26 heavy (non-hydrogen) atoms. The van der Waals surface area contributed by atoms with Crippen LogP contribution in [0.1, 0.15) is 24.0 Å². The van der Waals surface area contributed by atoms with E-state index in [0.717, 1.165) is 18.2 Å². The summed E-state index contributed by atoms with van der Waals surface area (Å²) in [5, 5.41) is 19.0. The van der Waals surface area contributed by atoms with Gasteiger partial charge in [0.1, 0.15) is 11.7 Å². The molecule has 4 N–H and O–H groups in total. The standard InChI is InChI=1S/C16H15F3N2O5/c1-2-26-13-11(15(24)25)9(10(14(22)23)12(20)21-13)7-5-3-4-6-8(7)16(17,18)19/h3-6,9,11H,2,20H2,1H3,(H,22,23)(H,24,25). The Labute approximate surface area is 145 Å². The Hall–Kier alpha value is -3.04. The Bertz CT molecular complexity index is 801. The summed E-state index contributed by atoms with van der Waals surface area (Å²) in [6, 6.07) is 4.14. The first-order valence-electron chi connectivity index (χ1n) is 7.42. The van der Waals surface area contributed by atoms with E-state index in [-0.39, 0.29) is 6.61 Å². The van der Waals surface area contributed by atoms with Crippen LogP contribution in [0.15, 0.2) is 40.7 Å². The molecule has 1 aromatic rings. The SMILES string of the molecule is CCOC1=NC(N)=C(C(=O)O)C(c2ccccc2C(F)(F)F)C1C(=O)O. The number of benzene rings is 1. The number of aliphatic carboxylic acids is 2. The van der Waals surface area contributed by atoms with Crippen molar-refractivity contribution in [1.29, 1.82) is 0 Å². The maximum Gasteiger partial charge on any atom is 0.416 e. The molecule has 0 amide bonds. The molecule has 0 saturated heterocycles. The van der Waals surface area contributed by atoms with Crippen LogP contribution in [0.2, 0.25) is 0 Å². The van der Waals surface area contributed by atoms with Gasteiger partial charge in [0.25, 0.3) is 0 Å². The molecule has 0 saturated carbocycles. The van der Waals surface area contributed by atoms with Crippen molar-refractivity contribution in [2.45, 2.75) is 19.0 Å². The van der Waals surface area contributed by atoms with Crippen LogP contribution in [-0.2, 0) is 20.5 Å². The Morgan fingerprint density at radius 2 is 1.88 bits per heavy atom. The third-order valence-electron chi connectivity index (χ3n) is 3.81. The summed E-state index contributed by atoms with van der Waals surface area (Å²) < 4.78 is 45.3. The van der Waals surface area contributed by atoms with Crippen molar-refractivity contribution in [3.63, 3.8) is 0 Å². The number of rotatable bonds is 4. The molecule has 0 radical (unpaired) electrons. The maximum atomic E-state index is 13.4. The van der Waals surface area contributed by atoms with E-state index in [1.807, 2.05) is 0 Å². The molecule has 0 aliphatic carbocycles. The monoisotopic (exact) mass is 372 g/mol. The van der Waals surface area contributed by atoms with Crippen LogP contribution >= 0.6 is 0 Å². The lowest BCUT2D eigenvalue weighted by Gasteiger charge is -2.31. The van der Waals surface area contributed by atoms with Crippen LogP contribution in [0.25, 0.3) is 0 Å². The third-order valence-corrected chi connectivity index (χ3v) is 3.81. The van der Waals surface area contributed by atoms with Crippen molar-refractivity contribution in [3.05, 3.63) is 46.8 Å². The van der Waals surface area contributed by atoms with E-state index in [2.05, 4.69) is 4.99 Å². The number of carbonyl (C=O) groups is 2. The fourth-order valence-corrected chi connectivity index (χ4v) is 2.84. The zero-order valence-electron chi connectivity index (χ0n) is 13.4. The maximum absolute atomic E-state index is 13.4. The lowest BCUT2D eigenvalue weighted by Crippen LogP contribution is -2.39. The second-order valence-electron chi connectivity index (χ2n) is 5.37. The Balaban J connectivity index is 2.80.